The van der Waals surface area contributed by atoms with Crippen molar-refractivity contribution >= 4 is 33.2 Å². The van der Waals surface area contributed by atoms with Gasteiger partial charge < -0.3 is 19.2 Å². The third-order valence-corrected chi connectivity index (χ3v) is 6.17. The van der Waals surface area contributed by atoms with Crippen LogP contribution in [0.3, 0.4) is 0 Å². The van der Waals surface area contributed by atoms with Crippen LogP contribution in [0.5, 0.6) is 5.75 Å². The predicted molar refractivity (Wildman–Crippen MR) is 143 cm³/mol. The maximum absolute atomic E-state index is 12.6. The third kappa shape index (κ3) is 5.25. The molecule has 0 aliphatic carbocycles. The van der Waals surface area contributed by atoms with Crippen LogP contribution < -0.4 is 10.1 Å². The standard InChI is InChI=1S/C30H33NO4/c1-19(2)34-15-9-14-31-28(32)16-20(3)25-17-26-27(18-35-30(26)21(4)29(25)33-5)24-13-8-11-22-10-6-7-12-23(22)24/h6-8,10-13,16-19H,9,14-15H2,1-5H3,(H,31,32)/b20-16+. The summed E-state index contributed by atoms with van der Waals surface area (Å²) in [6, 6.07) is 16.7. The lowest BCUT2D eigenvalue weighted by atomic mass is 9.94. The Bertz CT molecular complexity index is 1370. The minimum atomic E-state index is -0.131. The summed E-state index contributed by atoms with van der Waals surface area (Å²) in [7, 11) is 1.65. The highest BCUT2D eigenvalue weighted by Crippen LogP contribution is 2.42. The van der Waals surface area contributed by atoms with E-state index in [-0.39, 0.29) is 12.0 Å². The van der Waals surface area contributed by atoms with Gasteiger partial charge in [-0.25, -0.2) is 0 Å². The minimum Gasteiger partial charge on any atom is -0.496 e. The van der Waals surface area contributed by atoms with E-state index in [4.69, 9.17) is 13.9 Å². The summed E-state index contributed by atoms with van der Waals surface area (Å²) in [4.78, 5) is 12.6. The lowest BCUT2D eigenvalue weighted by molar-refractivity contribution is -0.116. The molecule has 0 spiro atoms. The molecule has 182 valence electrons. The van der Waals surface area contributed by atoms with Crippen LogP contribution in [-0.2, 0) is 9.53 Å². The average molecular weight is 472 g/mol. The van der Waals surface area contributed by atoms with Gasteiger partial charge in [0.15, 0.2) is 0 Å². The second-order valence-corrected chi connectivity index (χ2v) is 9.03. The number of aryl methyl sites for hydroxylation is 1. The van der Waals surface area contributed by atoms with Crippen molar-refractivity contribution in [2.75, 3.05) is 20.3 Å². The Balaban J connectivity index is 1.69. The van der Waals surface area contributed by atoms with E-state index >= 15 is 0 Å². The van der Waals surface area contributed by atoms with E-state index in [1.54, 1.807) is 13.2 Å². The van der Waals surface area contributed by atoms with Crippen molar-refractivity contribution in [3.8, 4) is 16.9 Å². The van der Waals surface area contributed by atoms with E-state index in [1.165, 1.54) is 10.8 Å². The summed E-state index contributed by atoms with van der Waals surface area (Å²) < 4.78 is 17.3. The number of allylic oxidation sites excluding steroid dienone is 1. The highest BCUT2D eigenvalue weighted by molar-refractivity contribution is 6.07. The first-order valence-electron chi connectivity index (χ1n) is 12.1. The molecule has 1 aromatic heterocycles. The summed E-state index contributed by atoms with van der Waals surface area (Å²) in [5.41, 5.74) is 5.53. The van der Waals surface area contributed by atoms with Gasteiger partial charge in [0.2, 0.25) is 5.91 Å². The number of methoxy groups -OCH3 is 1. The second kappa shape index (κ2) is 10.8. The molecule has 0 saturated heterocycles. The van der Waals surface area contributed by atoms with Crippen molar-refractivity contribution in [1.82, 2.24) is 5.32 Å². The van der Waals surface area contributed by atoms with Gasteiger partial charge in [-0.05, 0) is 62.1 Å². The first-order valence-corrected chi connectivity index (χ1v) is 12.1. The smallest absolute Gasteiger partial charge is 0.244 e. The Kier molecular flexibility index (Phi) is 7.57. The third-order valence-electron chi connectivity index (χ3n) is 6.17. The SMILES string of the molecule is COc1c(/C(C)=C/C(=O)NCCCOC(C)C)cc2c(-c3cccc4ccccc34)coc2c1C. The monoisotopic (exact) mass is 471 g/mol. The number of ether oxygens (including phenoxy) is 2. The topological polar surface area (TPSA) is 60.7 Å². The fourth-order valence-corrected chi connectivity index (χ4v) is 4.47. The number of carbonyl (C=O) groups is 1. The molecule has 0 fully saturated rings. The number of amides is 1. The van der Waals surface area contributed by atoms with Crippen LogP contribution in [0.15, 0.2) is 65.3 Å². The fraction of sp³-hybridized carbons (Fsp3) is 0.300. The Labute approximate surface area is 206 Å². The van der Waals surface area contributed by atoms with E-state index in [1.807, 2.05) is 46.1 Å². The quantitative estimate of drug-likeness (QED) is 0.213. The number of nitrogens with one attached hydrogen (secondary N) is 1. The van der Waals surface area contributed by atoms with Crippen LogP contribution in [0.2, 0.25) is 0 Å². The zero-order valence-corrected chi connectivity index (χ0v) is 21.1. The molecule has 5 nitrogen and oxygen atoms in total. The van der Waals surface area contributed by atoms with Gasteiger partial charge >= 0.3 is 0 Å². The lowest BCUT2D eigenvalue weighted by Crippen LogP contribution is -2.23. The molecule has 0 atom stereocenters. The molecule has 0 aliphatic rings. The van der Waals surface area contributed by atoms with Crippen molar-refractivity contribution in [3.63, 3.8) is 0 Å². The molecule has 1 amide bonds. The lowest BCUT2D eigenvalue weighted by Gasteiger charge is -2.14. The van der Waals surface area contributed by atoms with Gasteiger partial charge in [0.1, 0.15) is 11.3 Å². The molecular weight excluding hydrogens is 438 g/mol. The van der Waals surface area contributed by atoms with E-state index in [2.05, 4.69) is 41.7 Å². The second-order valence-electron chi connectivity index (χ2n) is 9.03. The Hall–Kier alpha value is -3.57. The zero-order chi connectivity index (χ0) is 24.9. The number of hydrogen-bond donors (Lipinski definition) is 1. The van der Waals surface area contributed by atoms with Crippen molar-refractivity contribution in [2.45, 2.75) is 40.2 Å². The molecule has 0 saturated carbocycles. The Morgan fingerprint density at radius 3 is 2.63 bits per heavy atom. The summed E-state index contributed by atoms with van der Waals surface area (Å²) in [6.45, 7) is 9.12. The minimum absolute atomic E-state index is 0.131. The molecule has 4 aromatic rings. The zero-order valence-electron chi connectivity index (χ0n) is 21.1. The molecule has 35 heavy (non-hydrogen) atoms. The molecule has 4 rings (SSSR count). The van der Waals surface area contributed by atoms with Gasteiger partial charge in [-0.15, -0.1) is 0 Å². The highest BCUT2D eigenvalue weighted by atomic mass is 16.5. The summed E-state index contributed by atoms with van der Waals surface area (Å²) in [5, 5.41) is 6.28. The number of fused-ring (bicyclic) bond motifs is 2. The number of furan rings is 1. The van der Waals surface area contributed by atoms with Crippen LogP contribution in [0.1, 0.15) is 38.3 Å². The van der Waals surface area contributed by atoms with E-state index in [9.17, 15) is 4.79 Å². The van der Waals surface area contributed by atoms with Crippen molar-refractivity contribution < 1.29 is 18.7 Å². The molecular formula is C30H33NO4. The van der Waals surface area contributed by atoms with Gasteiger partial charge in [-0.2, -0.15) is 0 Å². The van der Waals surface area contributed by atoms with Gasteiger partial charge in [-0.1, -0.05) is 42.5 Å². The maximum atomic E-state index is 12.6. The first kappa shape index (κ1) is 24.6. The highest BCUT2D eigenvalue weighted by Gasteiger charge is 2.19. The molecule has 0 bridgehead atoms. The largest absolute Gasteiger partial charge is 0.496 e. The predicted octanol–water partition coefficient (Wildman–Crippen LogP) is 6.90. The van der Waals surface area contributed by atoms with Gasteiger partial charge in [0, 0.05) is 41.3 Å². The molecule has 0 unspecified atom stereocenters. The van der Waals surface area contributed by atoms with E-state index < -0.39 is 0 Å². The van der Waals surface area contributed by atoms with Crippen LogP contribution >= 0.6 is 0 Å². The fourth-order valence-electron chi connectivity index (χ4n) is 4.47. The molecule has 0 aliphatic heterocycles. The summed E-state index contributed by atoms with van der Waals surface area (Å²) >= 11 is 0. The number of rotatable bonds is 9. The number of hydrogen-bond acceptors (Lipinski definition) is 4. The van der Waals surface area contributed by atoms with Crippen LogP contribution in [-0.4, -0.2) is 32.3 Å². The van der Waals surface area contributed by atoms with Crippen LogP contribution in [0.25, 0.3) is 38.4 Å². The first-order chi connectivity index (χ1) is 16.9. The van der Waals surface area contributed by atoms with Crippen molar-refractivity contribution in [1.29, 1.82) is 0 Å². The summed E-state index contributed by atoms with van der Waals surface area (Å²) in [5.74, 6) is 0.580. The van der Waals surface area contributed by atoms with Gasteiger partial charge in [-0.3, -0.25) is 4.79 Å². The van der Waals surface area contributed by atoms with E-state index in [0.29, 0.717) is 18.9 Å². The molecule has 1 N–H and O–H groups in total. The summed E-state index contributed by atoms with van der Waals surface area (Å²) in [6.07, 6.45) is 4.41. The molecule has 3 aromatic carbocycles. The number of benzene rings is 3. The van der Waals surface area contributed by atoms with Gasteiger partial charge in [0.05, 0.1) is 19.5 Å². The Morgan fingerprint density at radius 1 is 1.09 bits per heavy atom. The van der Waals surface area contributed by atoms with E-state index in [0.717, 1.165) is 45.2 Å². The molecule has 0 radical (unpaired) electrons. The van der Waals surface area contributed by atoms with Crippen molar-refractivity contribution in [2.24, 2.45) is 0 Å². The molecule has 1 heterocycles. The maximum Gasteiger partial charge on any atom is 0.244 e. The molecule has 5 heteroatoms. The van der Waals surface area contributed by atoms with Gasteiger partial charge in [0.25, 0.3) is 0 Å². The Morgan fingerprint density at radius 2 is 1.86 bits per heavy atom. The normalized spacial score (nSPS) is 12.0. The average Bonchev–Trinajstić information content (AvgIpc) is 3.27. The van der Waals surface area contributed by atoms with Crippen molar-refractivity contribution in [3.05, 3.63) is 72.0 Å². The number of carbonyl (C=O) groups excluding carboxylic acids is 1. The van der Waals surface area contributed by atoms with Crippen LogP contribution in [0.4, 0.5) is 0 Å². The van der Waals surface area contributed by atoms with Crippen LogP contribution in [0, 0.1) is 6.92 Å².